The smallest absolute Gasteiger partial charge is 0.192 e. The SMILES string of the molecule is CC(C)OC(O)C(O)(c1ccc(Br)cc1)c1ccc(Br)cc1. The predicted octanol–water partition coefficient (Wildman–Crippen LogP) is 4.19. The van der Waals surface area contributed by atoms with Crippen LogP contribution in [0.1, 0.15) is 25.0 Å². The van der Waals surface area contributed by atoms with Gasteiger partial charge in [0.15, 0.2) is 11.9 Å². The minimum atomic E-state index is -1.65. The lowest BCUT2D eigenvalue weighted by Crippen LogP contribution is -2.43. The van der Waals surface area contributed by atoms with Gasteiger partial charge in [-0.3, -0.25) is 0 Å². The first-order valence-corrected chi connectivity index (χ1v) is 8.50. The topological polar surface area (TPSA) is 49.7 Å². The molecule has 0 bridgehead atoms. The summed E-state index contributed by atoms with van der Waals surface area (Å²) in [7, 11) is 0. The van der Waals surface area contributed by atoms with Gasteiger partial charge in [0, 0.05) is 8.95 Å². The van der Waals surface area contributed by atoms with Gasteiger partial charge in [0.1, 0.15) is 0 Å². The van der Waals surface area contributed by atoms with E-state index >= 15 is 0 Å². The molecule has 0 aromatic heterocycles. The van der Waals surface area contributed by atoms with Gasteiger partial charge in [-0.2, -0.15) is 0 Å². The van der Waals surface area contributed by atoms with Crippen LogP contribution >= 0.6 is 31.9 Å². The Morgan fingerprint density at radius 2 is 1.23 bits per heavy atom. The van der Waals surface area contributed by atoms with Gasteiger partial charge in [0.2, 0.25) is 0 Å². The summed E-state index contributed by atoms with van der Waals surface area (Å²) in [5.41, 5.74) is -0.525. The maximum Gasteiger partial charge on any atom is 0.192 e. The Bertz CT molecular complexity index is 563. The molecule has 0 amide bonds. The Kier molecular flexibility index (Phi) is 5.80. The molecule has 5 heteroatoms. The van der Waals surface area contributed by atoms with Crippen molar-refractivity contribution in [1.29, 1.82) is 0 Å². The highest BCUT2D eigenvalue weighted by Crippen LogP contribution is 2.35. The Labute approximate surface area is 147 Å². The van der Waals surface area contributed by atoms with E-state index in [2.05, 4.69) is 31.9 Å². The molecule has 0 aliphatic rings. The molecule has 1 unspecified atom stereocenters. The molecule has 2 aromatic rings. The van der Waals surface area contributed by atoms with Crippen LogP contribution in [-0.2, 0) is 10.3 Å². The van der Waals surface area contributed by atoms with E-state index in [9.17, 15) is 10.2 Å². The highest BCUT2D eigenvalue weighted by molar-refractivity contribution is 9.10. The fraction of sp³-hybridized carbons (Fsp3) is 0.294. The van der Waals surface area contributed by atoms with Crippen molar-refractivity contribution in [1.82, 2.24) is 0 Å². The molecule has 22 heavy (non-hydrogen) atoms. The van der Waals surface area contributed by atoms with Gasteiger partial charge in [-0.15, -0.1) is 0 Å². The van der Waals surface area contributed by atoms with Crippen LogP contribution in [0.5, 0.6) is 0 Å². The van der Waals surface area contributed by atoms with E-state index in [1.54, 1.807) is 24.3 Å². The fourth-order valence-electron chi connectivity index (χ4n) is 2.22. The van der Waals surface area contributed by atoms with Crippen LogP contribution in [0.25, 0.3) is 0 Å². The zero-order valence-corrected chi connectivity index (χ0v) is 15.5. The third-order valence-corrected chi connectivity index (χ3v) is 4.38. The molecular formula is C17H18Br2O3. The first-order chi connectivity index (χ1) is 10.3. The average molecular weight is 430 g/mol. The van der Waals surface area contributed by atoms with Crippen molar-refractivity contribution in [2.24, 2.45) is 0 Å². The summed E-state index contributed by atoms with van der Waals surface area (Å²) in [5.74, 6) is 0. The molecule has 0 saturated heterocycles. The summed E-state index contributed by atoms with van der Waals surface area (Å²) in [6, 6.07) is 14.3. The molecule has 118 valence electrons. The van der Waals surface area contributed by atoms with Crippen LogP contribution in [0.2, 0.25) is 0 Å². The standard InChI is InChI=1S/C17H18Br2O3/c1-11(2)22-16(20)17(21,12-3-7-14(18)8-4-12)13-5-9-15(19)10-6-13/h3-11,16,20-21H,1-2H3. The molecule has 2 aromatic carbocycles. The van der Waals surface area contributed by atoms with Crippen molar-refractivity contribution >= 4 is 31.9 Å². The van der Waals surface area contributed by atoms with Crippen LogP contribution < -0.4 is 0 Å². The van der Waals surface area contributed by atoms with E-state index in [0.717, 1.165) is 8.95 Å². The zero-order chi connectivity index (χ0) is 16.3. The van der Waals surface area contributed by atoms with Gasteiger partial charge in [0.25, 0.3) is 0 Å². The summed E-state index contributed by atoms with van der Waals surface area (Å²) in [6.07, 6.45) is -1.60. The second kappa shape index (κ2) is 7.23. The molecule has 0 spiro atoms. The molecular weight excluding hydrogens is 412 g/mol. The van der Waals surface area contributed by atoms with E-state index in [-0.39, 0.29) is 6.10 Å². The van der Waals surface area contributed by atoms with Crippen LogP contribution in [0.4, 0.5) is 0 Å². The summed E-state index contributed by atoms with van der Waals surface area (Å²) < 4.78 is 7.26. The van der Waals surface area contributed by atoms with Crippen molar-refractivity contribution < 1.29 is 14.9 Å². The van der Waals surface area contributed by atoms with Crippen molar-refractivity contribution in [3.63, 3.8) is 0 Å². The second-order valence-electron chi connectivity index (χ2n) is 5.32. The normalized spacial score (nSPS) is 13.4. The molecule has 2 rings (SSSR count). The first-order valence-electron chi connectivity index (χ1n) is 6.92. The summed E-state index contributed by atoms with van der Waals surface area (Å²) >= 11 is 6.75. The van der Waals surface area contributed by atoms with Gasteiger partial charge in [0.05, 0.1) is 6.10 Å². The van der Waals surface area contributed by atoms with Gasteiger partial charge in [-0.1, -0.05) is 56.1 Å². The van der Waals surface area contributed by atoms with Gasteiger partial charge in [-0.05, 0) is 49.2 Å². The largest absolute Gasteiger partial charge is 0.375 e. The molecule has 0 heterocycles. The van der Waals surface area contributed by atoms with Crippen molar-refractivity contribution in [2.75, 3.05) is 0 Å². The summed E-state index contributed by atoms with van der Waals surface area (Å²) in [4.78, 5) is 0. The lowest BCUT2D eigenvalue weighted by Gasteiger charge is -2.34. The maximum atomic E-state index is 11.2. The van der Waals surface area contributed by atoms with Gasteiger partial charge < -0.3 is 14.9 Å². The van der Waals surface area contributed by atoms with Crippen LogP contribution in [0, 0.1) is 0 Å². The molecule has 1 atom stereocenters. The summed E-state index contributed by atoms with van der Waals surface area (Å²) in [6.45, 7) is 3.62. The minimum absolute atomic E-state index is 0.215. The summed E-state index contributed by atoms with van der Waals surface area (Å²) in [5, 5.41) is 21.7. The quantitative estimate of drug-likeness (QED) is 0.700. The minimum Gasteiger partial charge on any atom is -0.375 e. The number of rotatable bonds is 5. The predicted molar refractivity (Wildman–Crippen MR) is 93.5 cm³/mol. The maximum absolute atomic E-state index is 11.2. The van der Waals surface area contributed by atoms with Crippen LogP contribution in [-0.4, -0.2) is 22.6 Å². The molecule has 0 saturated carbocycles. The number of hydrogen-bond acceptors (Lipinski definition) is 3. The van der Waals surface area contributed by atoms with E-state index in [1.807, 2.05) is 38.1 Å². The molecule has 0 aliphatic carbocycles. The Morgan fingerprint density at radius 1 is 0.864 bits per heavy atom. The molecule has 0 radical (unpaired) electrons. The number of ether oxygens (including phenoxy) is 1. The highest BCUT2D eigenvalue weighted by Gasteiger charge is 2.40. The molecule has 3 nitrogen and oxygen atoms in total. The van der Waals surface area contributed by atoms with E-state index in [0.29, 0.717) is 11.1 Å². The fourth-order valence-corrected chi connectivity index (χ4v) is 2.74. The number of hydrogen-bond donors (Lipinski definition) is 2. The Morgan fingerprint density at radius 3 is 1.55 bits per heavy atom. The Hall–Kier alpha value is -0.720. The average Bonchev–Trinajstić information content (AvgIpc) is 2.47. The monoisotopic (exact) mass is 428 g/mol. The van der Waals surface area contributed by atoms with Gasteiger partial charge in [-0.25, -0.2) is 0 Å². The van der Waals surface area contributed by atoms with Crippen molar-refractivity contribution in [2.45, 2.75) is 31.8 Å². The molecule has 0 fully saturated rings. The molecule has 0 aliphatic heterocycles. The van der Waals surface area contributed by atoms with E-state index in [1.165, 1.54) is 0 Å². The number of aliphatic hydroxyl groups is 2. The van der Waals surface area contributed by atoms with E-state index in [4.69, 9.17) is 4.74 Å². The Balaban J connectivity index is 2.52. The number of aliphatic hydroxyl groups excluding tert-OH is 1. The van der Waals surface area contributed by atoms with Crippen molar-refractivity contribution in [3.8, 4) is 0 Å². The second-order valence-corrected chi connectivity index (χ2v) is 7.15. The highest BCUT2D eigenvalue weighted by atomic mass is 79.9. The van der Waals surface area contributed by atoms with Crippen LogP contribution in [0.3, 0.4) is 0 Å². The zero-order valence-electron chi connectivity index (χ0n) is 12.3. The van der Waals surface area contributed by atoms with Gasteiger partial charge >= 0.3 is 0 Å². The third kappa shape index (κ3) is 3.78. The first kappa shape index (κ1) is 17.6. The van der Waals surface area contributed by atoms with Crippen LogP contribution in [0.15, 0.2) is 57.5 Å². The van der Waals surface area contributed by atoms with E-state index < -0.39 is 11.9 Å². The number of benzene rings is 2. The third-order valence-electron chi connectivity index (χ3n) is 3.33. The lowest BCUT2D eigenvalue weighted by molar-refractivity contribution is -0.216. The molecule has 2 N–H and O–H groups in total. The van der Waals surface area contributed by atoms with Crippen molar-refractivity contribution in [3.05, 3.63) is 68.6 Å². The number of halogens is 2. The lowest BCUT2D eigenvalue weighted by atomic mass is 9.85.